The number of anilines is 1. The number of nitro groups is 1. The summed E-state index contributed by atoms with van der Waals surface area (Å²) in [7, 11) is 1.62. The first-order valence-corrected chi connectivity index (χ1v) is 9.48. The standard InChI is InChI=1S/C23H19N5O3/c1-31-22-13-6-5-12-21(22)23-17(16-27(26-23)19-9-3-2-4-10-19)15-24-25-18-8-7-11-20(14-18)28(29)30/h2-16,25H,1H3/b24-15-. The highest BCUT2D eigenvalue weighted by Gasteiger charge is 2.15. The Morgan fingerprint density at radius 3 is 2.61 bits per heavy atom. The maximum absolute atomic E-state index is 11.0. The molecule has 0 bridgehead atoms. The first-order valence-electron chi connectivity index (χ1n) is 9.48. The van der Waals surface area contributed by atoms with E-state index in [4.69, 9.17) is 9.84 Å². The highest BCUT2D eigenvalue weighted by atomic mass is 16.6. The fraction of sp³-hybridized carbons (Fsp3) is 0.0435. The van der Waals surface area contributed by atoms with E-state index in [1.54, 1.807) is 30.1 Å². The van der Waals surface area contributed by atoms with Crippen LogP contribution in [0.2, 0.25) is 0 Å². The van der Waals surface area contributed by atoms with Crippen LogP contribution in [0.25, 0.3) is 16.9 Å². The SMILES string of the molecule is COc1ccccc1-c1nn(-c2ccccc2)cc1/C=N\Nc1cccc([N+](=O)[O-])c1. The average molecular weight is 413 g/mol. The quantitative estimate of drug-likeness (QED) is 0.264. The van der Waals surface area contributed by atoms with Gasteiger partial charge in [-0.15, -0.1) is 0 Å². The fourth-order valence-corrected chi connectivity index (χ4v) is 3.11. The summed E-state index contributed by atoms with van der Waals surface area (Å²) in [5.41, 5.74) is 6.54. The monoisotopic (exact) mass is 413 g/mol. The number of methoxy groups -OCH3 is 1. The summed E-state index contributed by atoms with van der Waals surface area (Å²) in [6.45, 7) is 0. The van der Waals surface area contributed by atoms with Crippen LogP contribution >= 0.6 is 0 Å². The van der Waals surface area contributed by atoms with E-state index < -0.39 is 4.92 Å². The van der Waals surface area contributed by atoms with Gasteiger partial charge < -0.3 is 4.74 Å². The van der Waals surface area contributed by atoms with Gasteiger partial charge in [0.05, 0.1) is 29.6 Å². The summed E-state index contributed by atoms with van der Waals surface area (Å²) in [5.74, 6) is 0.696. The molecule has 8 nitrogen and oxygen atoms in total. The molecule has 0 spiro atoms. The second-order valence-corrected chi connectivity index (χ2v) is 6.59. The minimum absolute atomic E-state index is 0.00759. The summed E-state index contributed by atoms with van der Waals surface area (Å²) < 4.78 is 7.28. The Bertz CT molecular complexity index is 1230. The topological polar surface area (TPSA) is 94.6 Å². The number of para-hydroxylation sites is 2. The largest absolute Gasteiger partial charge is 0.496 e. The molecule has 8 heteroatoms. The highest BCUT2D eigenvalue weighted by molar-refractivity contribution is 5.90. The number of nitro benzene ring substituents is 1. The van der Waals surface area contributed by atoms with Gasteiger partial charge in [0.25, 0.3) is 5.69 Å². The number of ether oxygens (including phenoxy) is 1. The molecular formula is C23H19N5O3. The Balaban J connectivity index is 1.70. The number of benzene rings is 3. The molecule has 4 rings (SSSR count). The minimum atomic E-state index is -0.446. The van der Waals surface area contributed by atoms with E-state index in [2.05, 4.69) is 10.5 Å². The molecule has 0 aliphatic rings. The zero-order chi connectivity index (χ0) is 21.6. The molecule has 0 aliphatic heterocycles. The van der Waals surface area contributed by atoms with Crippen molar-refractivity contribution in [1.82, 2.24) is 9.78 Å². The summed E-state index contributed by atoms with van der Waals surface area (Å²) in [6.07, 6.45) is 3.50. The van der Waals surface area contributed by atoms with Crippen molar-refractivity contribution in [2.75, 3.05) is 12.5 Å². The summed E-state index contributed by atoms with van der Waals surface area (Å²) in [5, 5.41) is 20.0. The van der Waals surface area contributed by atoms with E-state index in [1.165, 1.54) is 12.1 Å². The maximum Gasteiger partial charge on any atom is 0.271 e. The zero-order valence-electron chi connectivity index (χ0n) is 16.7. The molecule has 0 aliphatic carbocycles. The molecule has 0 saturated carbocycles. The van der Waals surface area contributed by atoms with Crippen molar-refractivity contribution in [3.63, 3.8) is 0 Å². The van der Waals surface area contributed by atoms with E-state index >= 15 is 0 Å². The van der Waals surface area contributed by atoms with Crippen molar-refractivity contribution in [3.05, 3.63) is 101 Å². The summed E-state index contributed by atoms with van der Waals surface area (Å²) in [4.78, 5) is 10.5. The molecular weight excluding hydrogens is 394 g/mol. The second-order valence-electron chi connectivity index (χ2n) is 6.59. The van der Waals surface area contributed by atoms with Gasteiger partial charge >= 0.3 is 0 Å². The van der Waals surface area contributed by atoms with Crippen LogP contribution in [0, 0.1) is 10.1 Å². The number of hydrazone groups is 1. The Hall–Kier alpha value is -4.46. The van der Waals surface area contributed by atoms with E-state index in [1.807, 2.05) is 60.8 Å². The van der Waals surface area contributed by atoms with Crippen molar-refractivity contribution in [2.45, 2.75) is 0 Å². The van der Waals surface area contributed by atoms with Crippen LogP contribution in [0.5, 0.6) is 5.75 Å². The van der Waals surface area contributed by atoms with Crippen LogP contribution in [0.4, 0.5) is 11.4 Å². The van der Waals surface area contributed by atoms with Gasteiger partial charge in [0.15, 0.2) is 0 Å². The van der Waals surface area contributed by atoms with Crippen molar-refractivity contribution in [1.29, 1.82) is 0 Å². The fourth-order valence-electron chi connectivity index (χ4n) is 3.11. The Morgan fingerprint density at radius 2 is 1.84 bits per heavy atom. The van der Waals surface area contributed by atoms with E-state index in [0.717, 1.165) is 16.8 Å². The lowest BCUT2D eigenvalue weighted by molar-refractivity contribution is -0.384. The van der Waals surface area contributed by atoms with Crippen molar-refractivity contribution in [2.24, 2.45) is 5.10 Å². The maximum atomic E-state index is 11.0. The Kier molecular flexibility index (Phi) is 5.70. The molecule has 0 amide bonds. The third kappa shape index (κ3) is 4.43. The molecule has 4 aromatic rings. The molecule has 1 N–H and O–H groups in total. The van der Waals surface area contributed by atoms with Crippen LogP contribution in [-0.4, -0.2) is 28.0 Å². The molecule has 31 heavy (non-hydrogen) atoms. The van der Waals surface area contributed by atoms with Crippen LogP contribution in [0.1, 0.15) is 5.56 Å². The average Bonchev–Trinajstić information content (AvgIpc) is 3.24. The molecule has 0 unspecified atom stereocenters. The predicted octanol–water partition coefficient (Wildman–Crippen LogP) is 4.90. The molecule has 0 radical (unpaired) electrons. The molecule has 154 valence electrons. The van der Waals surface area contributed by atoms with Gasteiger partial charge in [0.1, 0.15) is 11.4 Å². The number of rotatable bonds is 7. The van der Waals surface area contributed by atoms with Crippen molar-refractivity contribution < 1.29 is 9.66 Å². The molecule has 0 atom stereocenters. The van der Waals surface area contributed by atoms with Gasteiger partial charge in [0.2, 0.25) is 0 Å². The van der Waals surface area contributed by atoms with Crippen molar-refractivity contribution in [3.8, 4) is 22.7 Å². The normalized spacial score (nSPS) is 10.9. The molecule has 1 aromatic heterocycles. The van der Waals surface area contributed by atoms with E-state index in [0.29, 0.717) is 17.1 Å². The number of hydrogen-bond acceptors (Lipinski definition) is 6. The van der Waals surface area contributed by atoms with Crippen LogP contribution in [0.15, 0.2) is 90.2 Å². The van der Waals surface area contributed by atoms with Crippen LogP contribution in [-0.2, 0) is 0 Å². The van der Waals surface area contributed by atoms with Gasteiger partial charge in [-0.05, 0) is 30.3 Å². The second kappa shape index (κ2) is 8.91. The highest BCUT2D eigenvalue weighted by Crippen LogP contribution is 2.31. The number of aromatic nitrogens is 2. The number of non-ortho nitro benzene ring substituents is 1. The lowest BCUT2D eigenvalue weighted by atomic mass is 10.1. The van der Waals surface area contributed by atoms with E-state index in [9.17, 15) is 10.1 Å². The smallest absolute Gasteiger partial charge is 0.271 e. The lowest BCUT2D eigenvalue weighted by Crippen LogP contribution is -1.95. The molecule has 0 saturated heterocycles. The molecule has 1 heterocycles. The van der Waals surface area contributed by atoms with Gasteiger partial charge in [-0.25, -0.2) is 4.68 Å². The Morgan fingerprint density at radius 1 is 1.06 bits per heavy atom. The van der Waals surface area contributed by atoms with Gasteiger partial charge in [-0.1, -0.05) is 36.4 Å². The summed E-state index contributed by atoms with van der Waals surface area (Å²) >= 11 is 0. The number of hydrogen-bond donors (Lipinski definition) is 1. The molecule has 3 aromatic carbocycles. The van der Waals surface area contributed by atoms with Crippen LogP contribution in [0.3, 0.4) is 0 Å². The van der Waals surface area contributed by atoms with Gasteiger partial charge in [-0.3, -0.25) is 15.5 Å². The van der Waals surface area contributed by atoms with Gasteiger partial charge in [-0.2, -0.15) is 10.2 Å². The van der Waals surface area contributed by atoms with E-state index in [-0.39, 0.29) is 5.69 Å². The van der Waals surface area contributed by atoms with Gasteiger partial charge in [0, 0.05) is 29.5 Å². The predicted molar refractivity (Wildman–Crippen MR) is 120 cm³/mol. The first-order chi connectivity index (χ1) is 15.2. The van der Waals surface area contributed by atoms with Crippen LogP contribution < -0.4 is 10.2 Å². The molecule has 0 fully saturated rings. The Labute approximate surface area is 178 Å². The third-order valence-electron chi connectivity index (χ3n) is 4.58. The minimum Gasteiger partial charge on any atom is -0.496 e. The summed E-state index contributed by atoms with van der Waals surface area (Å²) in [6, 6.07) is 23.5. The lowest BCUT2D eigenvalue weighted by Gasteiger charge is -2.06. The first kappa shape index (κ1) is 19.8. The third-order valence-corrected chi connectivity index (χ3v) is 4.58. The van der Waals surface area contributed by atoms with Crippen molar-refractivity contribution >= 4 is 17.6 Å². The number of nitrogens with one attached hydrogen (secondary N) is 1. The number of nitrogens with zero attached hydrogens (tertiary/aromatic N) is 4. The zero-order valence-corrected chi connectivity index (χ0v) is 16.7.